The van der Waals surface area contributed by atoms with Crippen LogP contribution in [-0.4, -0.2) is 29.3 Å². The van der Waals surface area contributed by atoms with Crippen molar-refractivity contribution in [1.82, 2.24) is 4.90 Å². The molecule has 2 atom stereocenters. The number of piperidine rings is 1. The van der Waals surface area contributed by atoms with Crippen LogP contribution in [0.25, 0.3) is 0 Å². The number of nitrogens with zero attached hydrogens (tertiary/aromatic N) is 1. The van der Waals surface area contributed by atoms with Crippen molar-refractivity contribution in [2.45, 2.75) is 25.8 Å². The van der Waals surface area contributed by atoms with Gasteiger partial charge in [0.2, 0.25) is 5.91 Å². The normalized spacial score (nSPS) is 23.4. The molecule has 2 N–H and O–H groups in total. The maximum Gasteiger partial charge on any atom is 0.256 e. The van der Waals surface area contributed by atoms with Gasteiger partial charge in [0.25, 0.3) is 5.91 Å². The Hall–Kier alpha value is -0.780. The Bertz CT molecular complexity index is 518. The number of nitrogens with two attached hydrogens (primary N) is 1. The summed E-state index contributed by atoms with van der Waals surface area (Å²) in [6, 6.07) is 1.63. The number of carbonyl (C=O) groups excluding carboxylic acids is 2. The zero-order chi connectivity index (χ0) is 14.2. The van der Waals surface area contributed by atoms with Crippen molar-refractivity contribution in [2.24, 2.45) is 11.7 Å². The number of thiophene rings is 1. The predicted octanol–water partition coefficient (Wildman–Crippen LogP) is 2.78. The van der Waals surface area contributed by atoms with Crippen LogP contribution in [0.1, 0.15) is 30.1 Å². The van der Waals surface area contributed by atoms with E-state index >= 15 is 0 Å². The van der Waals surface area contributed by atoms with Gasteiger partial charge in [-0.15, -0.1) is 11.3 Å². The van der Waals surface area contributed by atoms with Crippen molar-refractivity contribution < 1.29 is 9.59 Å². The van der Waals surface area contributed by atoms with Gasteiger partial charge in [0.05, 0.1) is 15.8 Å². The standard InChI is InChI=1S/C12H14Cl2N2O2S/c1-6-2-3-7(11(15)17)5-16(6)12(18)8-4-9(13)19-10(8)14/h4,6-7H,2-3,5H2,1H3,(H2,15,17)/t6-,7+/m0/s1. The molecule has 1 aromatic rings. The first-order valence-corrected chi connectivity index (χ1v) is 7.52. The molecule has 104 valence electrons. The molecule has 1 aromatic heterocycles. The van der Waals surface area contributed by atoms with Crippen LogP contribution in [0, 0.1) is 5.92 Å². The van der Waals surface area contributed by atoms with Gasteiger partial charge in [-0.3, -0.25) is 9.59 Å². The Morgan fingerprint density at radius 3 is 2.63 bits per heavy atom. The predicted molar refractivity (Wildman–Crippen MR) is 76.8 cm³/mol. The Morgan fingerprint density at radius 1 is 1.42 bits per heavy atom. The summed E-state index contributed by atoms with van der Waals surface area (Å²) in [5.74, 6) is -0.834. The van der Waals surface area contributed by atoms with E-state index in [2.05, 4.69) is 0 Å². The summed E-state index contributed by atoms with van der Waals surface area (Å²) in [4.78, 5) is 25.4. The van der Waals surface area contributed by atoms with Gasteiger partial charge in [-0.2, -0.15) is 0 Å². The fraction of sp³-hybridized carbons (Fsp3) is 0.500. The number of rotatable bonds is 2. The molecular weight excluding hydrogens is 307 g/mol. The van der Waals surface area contributed by atoms with E-state index in [0.717, 1.165) is 24.2 Å². The molecule has 0 radical (unpaired) electrons. The van der Waals surface area contributed by atoms with Gasteiger partial charge in [-0.1, -0.05) is 23.2 Å². The van der Waals surface area contributed by atoms with E-state index in [-0.39, 0.29) is 23.8 Å². The molecule has 0 saturated carbocycles. The molecule has 0 aromatic carbocycles. The van der Waals surface area contributed by atoms with E-state index in [1.165, 1.54) is 0 Å². The van der Waals surface area contributed by atoms with Crippen molar-refractivity contribution in [3.63, 3.8) is 0 Å². The van der Waals surface area contributed by atoms with E-state index in [4.69, 9.17) is 28.9 Å². The number of amides is 2. The van der Waals surface area contributed by atoms with Gasteiger partial charge in [-0.05, 0) is 25.8 Å². The van der Waals surface area contributed by atoms with E-state index in [1.54, 1.807) is 11.0 Å². The molecule has 0 bridgehead atoms. The number of likely N-dealkylation sites (tertiary alicyclic amines) is 1. The summed E-state index contributed by atoms with van der Waals surface area (Å²) in [7, 11) is 0. The topological polar surface area (TPSA) is 63.4 Å². The molecule has 0 spiro atoms. The summed E-state index contributed by atoms with van der Waals surface area (Å²) in [5.41, 5.74) is 5.72. The maximum atomic E-state index is 12.4. The molecule has 2 amide bonds. The quantitative estimate of drug-likeness (QED) is 0.910. The van der Waals surface area contributed by atoms with Crippen molar-refractivity contribution in [2.75, 3.05) is 6.54 Å². The summed E-state index contributed by atoms with van der Waals surface area (Å²) in [5, 5.41) is 0. The van der Waals surface area contributed by atoms with E-state index in [9.17, 15) is 9.59 Å². The summed E-state index contributed by atoms with van der Waals surface area (Å²) in [6.45, 7) is 2.30. The highest BCUT2D eigenvalue weighted by atomic mass is 35.5. The number of halogens is 2. The van der Waals surface area contributed by atoms with Crippen LogP contribution in [0.5, 0.6) is 0 Å². The van der Waals surface area contributed by atoms with Crippen LogP contribution < -0.4 is 5.73 Å². The van der Waals surface area contributed by atoms with Crippen LogP contribution in [0.2, 0.25) is 8.67 Å². The van der Waals surface area contributed by atoms with Crippen molar-refractivity contribution >= 4 is 46.4 Å². The largest absolute Gasteiger partial charge is 0.369 e. The molecule has 2 rings (SSSR count). The van der Waals surface area contributed by atoms with Crippen LogP contribution >= 0.6 is 34.5 Å². The summed E-state index contributed by atoms with van der Waals surface area (Å²) >= 11 is 13.0. The zero-order valence-corrected chi connectivity index (χ0v) is 12.7. The van der Waals surface area contributed by atoms with Gasteiger partial charge in [0.15, 0.2) is 0 Å². The zero-order valence-electron chi connectivity index (χ0n) is 10.4. The number of hydrogen-bond acceptors (Lipinski definition) is 3. The third kappa shape index (κ3) is 3.04. The first-order chi connectivity index (χ1) is 8.90. The molecule has 1 aliphatic rings. The number of hydrogen-bond donors (Lipinski definition) is 1. The third-order valence-electron chi connectivity index (χ3n) is 3.43. The Morgan fingerprint density at radius 2 is 2.11 bits per heavy atom. The lowest BCUT2D eigenvalue weighted by Crippen LogP contribution is -2.48. The minimum absolute atomic E-state index is 0.0674. The molecule has 1 saturated heterocycles. The highest BCUT2D eigenvalue weighted by Gasteiger charge is 2.33. The van der Waals surface area contributed by atoms with Gasteiger partial charge >= 0.3 is 0 Å². The molecular formula is C12H14Cl2N2O2S. The molecule has 1 aliphatic heterocycles. The van der Waals surface area contributed by atoms with Crippen LogP contribution in [0.3, 0.4) is 0 Å². The second kappa shape index (κ2) is 5.69. The van der Waals surface area contributed by atoms with Gasteiger partial charge in [0, 0.05) is 12.6 Å². The summed E-state index contributed by atoms with van der Waals surface area (Å²) < 4.78 is 0.855. The lowest BCUT2D eigenvalue weighted by Gasteiger charge is -2.36. The van der Waals surface area contributed by atoms with Crippen LogP contribution in [-0.2, 0) is 4.79 Å². The lowest BCUT2D eigenvalue weighted by molar-refractivity contribution is -0.123. The highest BCUT2D eigenvalue weighted by Crippen LogP contribution is 2.33. The van der Waals surface area contributed by atoms with Crippen molar-refractivity contribution in [3.05, 3.63) is 20.3 Å². The molecule has 0 aliphatic carbocycles. The minimum atomic E-state index is -0.362. The van der Waals surface area contributed by atoms with Crippen LogP contribution in [0.4, 0.5) is 0 Å². The number of carbonyl (C=O) groups is 2. The number of primary amides is 1. The monoisotopic (exact) mass is 320 g/mol. The average Bonchev–Trinajstić information content (AvgIpc) is 2.68. The molecule has 1 fully saturated rings. The lowest BCUT2D eigenvalue weighted by atomic mass is 9.92. The average molecular weight is 321 g/mol. The molecule has 0 unspecified atom stereocenters. The maximum absolute atomic E-state index is 12.4. The van der Waals surface area contributed by atoms with E-state index in [1.807, 2.05) is 6.92 Å². The smallest absolute Gasteiger partial charge is 0.256 e. The SMILES string of the molecule is C[C@H]1CC[C@@H](C(N)=O)CN1C(=O)c1cc(Cl)sc1Cl. The fourth-order valence-electron chi connectivity index (χ4n) is 2.26. The third-order valence-corrected chi connectivity index (χ3v) is 4.92. The fourth-order valence-corrected chi connectivity index (χ4v) is 3.71. The van der Waals surface area contributed by atoms with E-state index in [0.29, 0.717) is 20.8 Å². The first kappa shape index (κ1) is 14.6. The Kier molecular flexibility index (Phi) is 4.38. The van der Waals surface area contributed by atoms with Crippen molar-refractivity contribution in [3.8, 4) is 0 Å². The van der Waals surface area contributed by atoms with E-state index < -0.39 is 0 Å². The van der Waals surface area contributed by atoms with Crippen molar-refractivity contribution in [1.29, 1.82) is 0 Å². The van der Waals surface area contributed by atoms with Gasteiger partial charge < -0.3 is 10.6 Å². The second-order valence-corrected chi connectivity index (χ2v) is 7.01. The second-order valence-electron chi connectivity index (χ2n) is 4.72. The highest BCUT2D eigenvalue weighted by molar-refractivity contribution is 7.20. The first-order valence-electron chi connectivity index (χ1n) is 5.95. The Labute approximate surface area is 125 Å². The van der Waals surface area contributed by atoms with Gasteiger partial charge in [-0.25, -0.2) is 0 Å². The molecule has 19 heavy (non-hydrogen) atoms. The van der Waals surface area contributed by atoms with Gasteiger partial charge in [0.1, 0.15) is 4.34 Å². The molecule has 4 nitrogen and oxygen atoms in total. The molecule has 7 heteroatoms. The molecule has 2 heterocycles. The summed E-state index contributed by atoms with van der Waals surface area (Å²) in [6.07, 6.45) is 1.48. The van der Waals surface area contributed by atoms with Crippen LogP contribution in [0.15, 0.2) is 6.07 Å². The minimum Gasteiger partial charge on any atom is -0.369 e. The Balaban J connectivity index is 2.21.